The molecule has 0 heterocycles. The van der Waals surface area contributed by atoms with Gasteiger partial charge in [-0.2, -0.15) is 0 Å². The predicted molar refractivity (Wildman–Crippen MR) is 77.6 cm³/mol. The molecule has 1 N–H and O–H groups in total. The number of benzene rings is 2. The summed E-state index contributed by atoms with van der Waals surface area (Å²) in [6.07, 6.45) is 0. The molecule has 2 rings (SSSR count). The first-order valence-corrected chi connectivity index (χ1v) is 7.16. The number of thioether (sulfide) groups is 1. The summed E-state index contributed by atoms with van der Waals surface area (Å²) in [6, 6.07) is 12.7. The molecule has 0 unspecified atom stereocenters. The Labute approximate surface area is 120 Å². The van der Waals surface area contributed by atoms with Crippen LogP contribution in [0.3, 0.4) is 0 Å². The topological polar surface area (TPSA) is 29.1 Å². The van der Waals surface area contributed by atoms with E-state index in [4.69, 9.17) is 0 Å². The van der Waals surface area contributed by atoms with Gasteiger partial charge in [0.25, 0.3) is 0 Å². The van der Waals surface area contributed by atoms with Crippen molar-refractivity contribution in [1.82, 2.24) is 0 Å². The molecule has 1 amide bonds. The van der Waals surface area contributed by atoms with Gasteiger partial charge in [-0.25, -0.2) is 8.78 Å². The van der Waals surface area contributed by atoms with Gasteiger partial charge in [-0.15, -0.1) is 11.8 Å². The summed E-state index contributed by atoms with van der Waals surface area (Å²) < 4.78 is 25.9. The third kappa shape index (κ3) is 4.66. The van der Waals surface area contributed by atoms with E-state index < -0.39 is 11.6 Å². The molecule has 2 nitrogen and oxygen atoms in total. The van der Waals surface area contributed by atoms with Crippen LogP contribution in [0.5, 0.6) is 0 Å². The highest BCUT2D eigenvalue weighted by atomic mass is 32.2. The van der Waals surface area contributed by atoms with E-state index in [1.165, 1.54) is 11.8 Å². The minimum Gasteiger partial charge on any atom is -0.325 e. The van der Waals surface area contributed by atoms with E-state index >= 15 is 0 Å². The van der Waals surface area contributed by atoms with Crippen LogP contribution in [0.2, 0.25) is 0 Å². The van der Waals surface area contributed by atoms with Gasteiger partial charge in [-0.1, -0.05) is 30.3 Å². The molecule has 0 saturated carbocycles. The standard InChI is InChI=1S/C15H13F2NOS/c16-12-6-13(17)8-14(7-12)18-15(19)10-20-9-11-4-2-1-3-5-11/h1-8H,9-10H2,(H,18,19). The van der Waals surface area contributed by atoms with Gasteiger partial charge in [0.2, 0.25) is 5.91 Å². The predicted octanol–water partition coefficient (Wildman–Crippen LogP) is 3.84. The first kappa shape index (κ1) is 14.5. The summed E-state index contributed by atoms with van der Waals surface area (Å²) in [5.41, 5.74) is 1.26. The maximum Gasteiger partial charge on any atom is 0.234 e. The highest BCUT2D eigenvalue weighted by Gasteiger charge is 2.05. The number of anilines is 1. The fraction of sp³-hybridized carbons (Fsp3) is 0.133. The summed E-state index contributed by atoms with van der Waals surface area (Å²) in [5.74, 6) is -0.760. The number of rotatable bonds is 5. The van der Waals surface area contributed by atoms with Crippen LogP contribution in [0, 0.1) is 11.6 Å². The largest absolute Gasteiger partial charge is 0.325 e. The number of hydrogen-bond acceptors (Lipinski definition) is 2. The zero-order valence-corrected chi connectivity index (χ0v) is 11.4. The maximum absolute atomic E-state index is 13.0. The van der Waals surface area contributed by atoms with E-state index in [2.05, 4.69) is 5.32 Å². The van der Waals surface area contributed by atoms with Gasteiger partial charge in [0.05, 0.1) is 5.75 Å². The zero-order chi connectivity index (χ0) is 14.4. The molecule has 5 heteroatoms. The van der Waals surface area contributed by atoms with Crippen molar-refractivity contribution in [2.24, 2.45) is 0 Å². The van der Waals surface area contributed by atoms with Crippen LogP contribution in [0.1, 0.15) is 5.56 Å². The first-order valence-electron chi connectivity index (χ1n) is 6.01. The fourth-order valence-corrected chi connectivity index (χ4v) is 2.45. The van der Waals surface area contributed by atoms with Crippen LogP contribution in [0.15, 0.2) is 48.5 Å². The number of carbonyl (C=O) groups is 1. The lowest BCUT2D eigenvalue weighted by Gasteiger charge is -2.05. The van der Waals surface area contributed by atoms with E-state index in [1.54, 1.807) is 0 Å². The van der Waals surface area contributed by atoms with Gasteiger partial charge in [0, 0.05) is 17.5 Å². The van der Waals surface area contributed by atoms with E-state index in [0.717, 1.165) is 23.8 Å². The highest BCUT2D eigenvalue weighted by molar-refractivity contribution is 7.99. The Morgan fingerprint density at radius 3 is 2.35 bits per heavy atom. The molecule has 0 aromatic heterocycles. The highest BCUT2D eigenvalue weighted by Crippen LogP contribution is 2.15. The Kier molecular flexibility index (Phi) is 5.12. The van der Waals surface area contributed by atoms with Crippen molar-refractivity contribution in [3.8, 4) is 0 Å². The molecule has 104 valence electrons. The molecule has 0 fully saturated rings. The SMILES string of the molecule is O=C(CSCc1ccccc1)Nc1cc(F)cc(F)c1. The van der Waals surface area contributed by atoms with E-state index in [-0.39, 0.29) is 17.3 Å². The van der Waals surface area contributed by atoms with Crippen molar-refractivity contribution in [3.05, 3.63) is 65.7 Å². The van der Waals surface area contributed by atoms with Crippen LogP contribution in [0.25, 0.3) is 0 Å². The molecule has 0 saturated heterocycles. The Hall–Kier alpha value is -1.88. The summed E-state index contributed by atoms with van der Waals surface area (Å²) in [4.78, 5) is 11.6. The molecule has 2 aromatic rings. The number of nitrogens with one attached hydrogen (secondary N) is 1. The van der Waals surface area contributed by atoms with Crippen molar-refractivity contribution in [3.63, 3.8) is 0 Å². The third-order valence-electron chi connectivity index (χ3n) is 2.49. The summed E-state index contributed by atoms with van der Waals surface area (Å²) in [6.45, 7) is 0. The number of carbonyl (C=O) groups excluding carboxylic acids is 1. The number of hydrogen-bond donors (Lipinski definition) is 1. The zero-order valence-electron chi connectivity index (χ0n) is 10.6. The van der Waals surface area contributed by atoms with Gasteiger partial charge in [0.15, 0.2) is 0 Å². The quantitative estimate of drug-likeness (QED) is 0.907. The first-order chi connectivity index (χ1) is 9.63. The molecule has 0 atom stereocenters. The van der Waals surface area contributed by atoms with Crippen LogP contribution >= 0.6 is 11.8 Å². The van der Waals surface area contributed by atoms with Crippen molar-refractivity contribution >= 4 is 23.4 Å². The molecule has 0 aliphatic carbocycles. The van der Waals surface area contributed by atoms with Crippen molar-refractivity contribution in [2.45, 2.75) is 5.75 Å². The minimum absolute atomic E-state index is 0.132. The second-order valence-corrected chi connectivity index (χ2v) is 5.17. The Bertz CT molecular complexity index is 569. The van der Waals surface area contributed by atoms with E-state index in [0.29, 0.717) is 5.75 Å². The smallest absolute Gasteiger partial charge is 0.234 e. The number of amides is 1. The molecular formula is C15H13F2NOS. The van der Waals surface area contributed by atoms with Gasteiger partial charge >= 0.3 is 0 Å². The third-order valence-corrected chi connectivity index (χ3v) is 3.49. The molecule has 0 aliphatic rings. The van der Waals surface area contributed by atoms with E-state index in [1.807, 2.05) is 30.3 Å². The van der Waals surface area contributed by atoms with Gasteiger partial charge in [-0.3, -0.25) is 4.79 Å². The van der Waals surface area contributed by atoms with Crippen LogP contribution < -0.4 is 5.32 Å². The van der Waals surface area contributed by atoms with Gasteiger partial charge in [-0.05, 0) is 17.7 Å². The second kappa shape index (κ2) is 7.05. The molecular weight excluding hydrogens is 280 g/mol. The summed E-state index contributed by atoms with van der Waals surface area (Å²) >= 11 is 1.44. The molecule has 20 heavy (non-hydrogen) atoms. The molecule has 0 aliphatic heterocycles. The van der Waals surface area contributed by atoms with Crippen molar-refractivity contribution < 1.29 is 13.6 Å². The molecule has 0 radical (unpaired) electrons. The van der Waals surface area contributed by atoms with Crippen LogP contribution in [-0.4, -0.2) is 11.7 Å². The monoisotopic (exact) mass is 293 g/mol. The maximum atomic E-state index is 13.0. The lowest BCUT2D eigenvalue weighted by Crippen LogP contribution is -2.14. The average Bonchev–Trinajstić information content (AvgIpc) is 2.38. The normalized spacial score (nSPS) is 10.3. The summed E-state index contributed by atoms with van der Waals surface area (Å²) in [7, 11) is 0. The Morgan fingerprint density at radius 2 is 1.70 bits per heavy atom. The molecule has 0 spiro atoms. The Balaban J connectivity index is 1.81. The lowest BCUT2D eigenvalue weighted by molar-refractivity contribution is -0.113. The van der Waals surface area contributed by atoms with Gasteiger partial charge < -0.3 is 5.32 Å². The average molecular weight is 293 g/mol. The number of halogens is 2. The molecule has 0 bridgehead atoms. The van der Waals surface area contributed by atoms with Gasteiger partial charge in [0.1, 0.15) is 11.6 Å². The Morgan fingerprint density at radius 1 is 1.05 bits per heavy atom. The van der Waals surface area contributed by atoms with Crippen molar-refractivity contribution in [2.75, 3.05) is 11.1 Å². The fourth-order valence-electron chi connectivity index (χ4n) is 1.66. The minimum atomic E-state index is -0.711. The second-order valence-electron chi connectivity index (χ2n) is 4.18. The van der Waals surface area contributed by atoms with E-state index in [9.17, 15) is 13.6 Å². The van der Waals surface area contributed by atoms with Crippen molar-refractivity contribution in [1.29, 1.82) is 0 Å². The lowest BCUT2D eigenvalue weighted by atomic mass is 10.2. The van der Waals surface area contributed by atoms with Crippen LogP contribution in [-0.2, 0) is 10.5 Å². The summed E-state index contributed by atoms with van der Waals surface area (Å²) in [5, 5.41) is 2.47. The van der Waals surface area contributed by atoms with Crippen LogP contribution in [0.4, 0.5) is 14.5 Å². The molecule has 2 aromatic carbocycles.